The number of rotatable bonds is 8. The van der Waals surface area contributed by atoms with Crippen LogP contribution in [-0.2, 0) is 11.3 Å². The highest BCUT2D eigenvalue weighted by Gasteiger charge is 2.20. The summed E-state index contributed by atoms with van der Waals surface area (Å²) in [6, 6.07) is 8.22. The normalized spacial score (nSPS) is 12.0. The first-order valence-corrected chi connectivity index (χ1v) is 9.00. The molecule has 1 aromatic carbocycles. The van der Waals surface area contributed by atoms with Crippen LogP contribution in [0.5, 0.6) is 0 Å². The Balaban J connectivity index is 2.25. The highest BCUT2D eigenvalue weighted by atomic mass is 32.2. The smallest absolute Gasteiger partial charge is 0.233 e. The Hall–Kier alpha value is -2.08. The average molecular weight is 344 g/mol. The van der Waals surface area contributed by atoms with Gasteiger partial charge >= 0.3 is 0 Å². The summed E-state index contributed by atoms with van der Waals surface area (Å²) in [6.07, 6.45) is 2.65. The Morgan fingerprint density at radius 2 is 2.25 bits per heavy atom. The van der Waals surface area contributed by atoms with Crippen LogP contribution in [0.15, 0.2) is 42.1 Å². The molecule has 1 amide bonds. The van der Waals surface area contributed by atoms with Gasteiger partial charge in [0.2, 0.25) is 5.91 Å². The van der Waals surface area contributed by atoms with Crippen LogP contribution in [0.4, 0.5) is 0 Å². The van der Waals surface area contributed by atoms with E-state index < -0.39 is 0 Å². The van der Waals surface area contributed by atoms with Crippen molar-refractivity contribution >= 4 is 17.7 Å². The van der Waals surface area contributed by atoms with Gasteiger partial charge in [0.15, 0.2) is 11.0 Å². The summed E-state index contributed by atoms with van der Waals surface area (Å²) in [5.41, 5.74) is 2.23. The lowest BCUT2D eigenvalue weighted by molar-refractivity contribution is -0.120. The summed E-state index contributed by atoms with van der Waals surface area (Å²) in [4.78, 5) is 12.1. The number of hydrogen-bond donors (Lipinski definition) is 1. The molecule has 0 radical (unpaired) electrons. The van der Waals surface area contributed by atoms with Crippen molar-refractivity contribution in [2.24, 2.45) is 0 Å². The number of hydrogen-bond acceptors (Lipinski definition) is 4. The SMILES string of the molecule is C=CCNC(=O)[C@@H](C)Sc1nnc(-c2cccc(C)c2)n1CCC. The molecule has 0 spiro atoms. The second kappa shape index (κ2) is 8.68. The second-order valence-corrected chi connectivity index (χ2v) is 6.93. The van der Waals surface area contributed by atoms with Gasteiger partial charge in [0.25, 0.3) is 0 Å². The van der Waals surface area contributed by atoms with Crippen molar-refractivity contribution in [2.45, 2.75) is 44.1 Å². The van der Waals surface area contributed by atoms with Crippen LogP contribution in [0.25, 0.3) is 11.4 Å². The van der Waals surface area contributed by atoms with E-state index in [4.69, 9.17) is 0 Å². The Bertz CT molecular complexity index is 711. The summed E-state index contributed by atoms with van der Waals surface area (Å²) in [5.74, 6) is 0.824. The van der Waals surface area contributed by atoms with Gasteiger partial charge in [0, 0.05) is 18.7 Å². The van der Waals surface area contributed by atoms with Crippen molar-refractivity contribution in [3.63, 3.8) is 0 Å². The quantitative estimate of drug-likeness (QED) is 0.589. The van der Waals surface area contributed by atoms with E-state index in [-0.39, 0.29) is 11.2 Å². The molecule has 6 heteroatoms. The minimum atomic E-state index is -0.241. The number of nitrogens with zero attached hydrogens (tertiary/aromatic N) is 3. The van der Waals surface area contributed by atoms with Crippen molar-refractivity contribution in [3.8, 4) is 11.4 Å². The number of benzene rings is 1. The maximum absolute atomic E-state index is 12.1. The van der Waals surface area contributed by atoms with Crippen LogP contribution in [0.3, 0.4) is 0 Å². The number of carbonyl (C=O) groups is 1. The van der Waals surface area contributed by atoms with E-state index in [1.807, 2.05) is 19.1 Å². The van der Waals surface area contributed by atoms with Crippen LogP contribution in [0.1, 0.15) is 25.8 Å². The maximum atomic E-state index is 12.1. The van der Waals surface area contributed by atoms with Crippen LogP contribution in [0.2, 0.25) is 0 Å². The predicted octanol–water partition coefficient (Wildman–Crippen LogP) is 3.45. The minimum Gasteiger partial charge on any atom is -0.352 e. The lowest BCUT2D eigenvalue weighted by Crippen LogP contribution is -2.31. The Labute approximate surface area is 147 Å². The first-order valence-electron chi connectivity index (χ1n) is 8.12. The molecule has 1 atom stereocenters. The van der Waals surface area contributed by atoms with E-state index in [0.717, 1.165) is 29.5 Å². The Kier molecular flexibility index (Phi) is 6.61. The van der Waals surface area contributed by atoms with Gasteiger partial charge in [-0.2, -0.15) is 0 Å². The summed E-state index contributed by atoms with van der Waals surface area (Å²) in [5, 5.41) is 12.0. The third-order valence-electron chi connectivity index (χ3n) is 3.51. The van der Waals surface area contributed by atoms with Gasteiger partial charge in [0.1, 0.15) is 0 Å². The molecule has 5 nitrogen and oxygen atoms in total. The highest BCUT2D eigenvalue weighted by molar-refractivity contribution is 8.00. The first-order chi connectivity index (χ1) is 11.6. The lowest BCUT2D eigenvalue weighted by Gasteiger charge is -2.13. The first kappa shape index (κ1) is 18.3. The van der Waals surface area contributed by atoms with Crippen LogP contribution >= 0.6 is 11.8 Å². The molecule has 1 N–H and O–H groups in total. The molecular formula is C18H24N4OS. The van der Waals surface area contributed by atoms with Crippen molar-refractivity contribution in [1.29, 1.82) is 0 Å². The van der Waals surface area contributed by atoms with E-state index in [9.17, 15) is 4.79 Å². The van der Waals surface area contributed by atoms with Crippen molar-refractivity contribution in [1.82, 2.24) is 20.1 Å². The number of carbonyl (C=O) groups excluding carboxylic acids is 1. The molecule has 2 aromatic rings. The fourth-order valence-electron chi connectivity index (χ4n) is 2.33. The zero-order valence-corrected chi connectivity index (χ0v) is 15.3. The van der Waals surface area contributed by atoms with Crippen LogP contribution in [0, 0.1) is 6.92 Å². The molecule has 0 saturated heterocycles. The van der Waals surface area contributed by atoms with Crippen molar-refractivity contribution in [3.05, 3.63) is 42.5 Å². The molecule has 128 valence electrons. The molecule has 0 aliphatic carbocycles. The van der Waals surface area contributed by atoms with Crippen LogP contribution in [-0.4, -0.2) is 32.5 Å². The zero-order valence-electron chi connectivity index (χ0n) is 14.5. The van der Waals surface area contributed by atoms with E-state index in [2.05, 4.69) is 52.6 Å². The number of nitrogens with one attached hydrogen (secondary N) is 1. The van der Waals surface area contributed by atoms with Gasteiger partial charge in [-0.15, -0.1) is 16.8 Å². The van der Waals surface area contributed by atoms with E-state index in [0.29, 0.717) is 6.54 Å². The molecule has 0 unspecified atom stereocenters. The summed E-state index contributed by atoms with van der Waals surface area (Å²) in [6.45, 7) is 11.0. The number of amides is 1. The van der Waals surface area contributed by atoms with Gasteiger partial charge < -0.3 is 9.88 Å². The third-order valence-corrected chi connectivity index (χ3v) is 4.59. The molecule has 0 saturated carbocycles. The highest BCUT2D eigenvalue weighted by Crippen LogP contribution is 2.27. The maximum Gasteiger partial charge on any atom is 0.233 e. The van der Waals surface area contributed by atoms with Crippen molar-refractivity contribution < 1.29 is 4.79 Å². The van der Waals surface area contributed by atoms with E-state index in [1.165, 1.54) is 17.3 Å². The minimum absolute atomic E-state index is 0.0249. The molecule has 0 bridgehead atoms. The van der Waals surface area contributed by atoms with Gasteiger partial charge in [-0.3, -0.25) is 4.79 Å². The van der Waals surface area contributed by atoms with Gasteiger partial charge in [-0.25, -0.2) is 0 Å². The van der Waals surface area contributed by atoms with Gasteiger partial charge in [-0.05, 0) is 26.3 Å². The Morgan fingerprint density at radius 3 is 2.92 bits per heavy atom. The fourth-order valence-corrected chi connectivity index (χ4v) is 3.23. The van der Waals surface area contributed by atoms with Crippen LogP contribution < -0.4 is 5.32 Å². The fraction of sp³-hybridized carbons (Fsp3) is 0.389. The molecule has 1 heterocycles. The monoisotopic (exact) mass is 344 g/mol. The number of thioether (sulfide) groups is 1. The predicted molar refractivity (Wildman–Crippen MR) is 99.0 cm³/mol. The molecule has 2 rings (SSSR count). The van der Waals surface area contributed by atoms with E-state index >= 15 is 0 Å². The molecular weight excluding hydrogens is 320 g/mol. The molecule has 1 aromatic heterocycles. The molecule has 24 heavy (non-hydrogen) atoms. The zero-order chi connectivity index (χ0) is 17.5. The largest absolute Gasteiger partial charge is 0.352 e. The molecule has 0 aliphatic rings. The molecule has 0 fully saturated rings. The summed E-state index contributed by atoms with van der Waals surface area (Å²) in [7, 11) is 0. The second-order valence-electron chi connectivity index (χ2n) is 5.62. The van der Waals surface area contributed by atoms with E-state index in [1.54, 1.807) is 6.08 Å². The van der Waals surface area contributed by atoms with Gasteiger partial charge in [-0.1, -0.05) is 48.5 Å². The summed E-state index contributed by atoms with van der Waals surface area (Å²) >= 11 is 1.43. The third kappa shape index (κ3) is 4.47. The molecule has 0 aliphatic heterocycles. The standard InChI is InChI=1S/C18H24N4OS/c1-5-10-19-17(23)14(4)24-18-21-20-16(22(18)11-6-2)15-9-7-8-13(3)12-15/h5,7-9,12,14H,1,6,10-11H2,2-4H3,(H,19,23)/t14-/m1/s1. The number of aryl methyl sites for hydroxylation is 1. The average Bonchev–Trinajstić information content (AvgIpc) is 2.95. The summed E-state index contributed by atoms with van der Waals surface area (Å²) < 4.78 is 2.09. The van der Waals surface area contributed by atoms with Crippen molar-refractivity contribution in [2.75, 3.05) is 6.54 Å². The number of aromatic nitrogens is 3. The topological polar surface area (TPSA) is 59.8 Å². The lowest BCUT2D eigenvalue weighted by atomic mass is 10.1. The van der Waals surface area contributed by atoms with Gasteiger partial charge in [0.05, 0.1) is 5.25 Å². The Morgan fingerprint density at radius 1 is 1.46 bits per heavy atom.